The average Bonchev–Trinajstić information content (AvgIpc) is 2.69. The fourth-order valence-corrected chi connectivity index (χ4v) is 10.0. The van der Waals surface area contributed by atoms with Crippen molar-refractivity contribution < 1.29 is 0 Å². The molecule has 0 aliphatic heterocycles. The molecule has 122 valence electrons. The number of benzene rings is 4. The third-order valence-corrected chi connectivity index (χ3v) is 13.1. The Kier molecular flexibility index (Phi) is 5.47. The molecule has 0 fully saturated rings. The van der Waals surface area contributed by atoms with E-state index in [-0.39, 0.29) is 0 Å². The summed E-state index contributed by atoms with van der Waals surface area (Å²) in [5.41, 5.74) is 0. The van der Waals surface area contributed by atoms with Crippen molar-refractivity contribution in [2.45, 2.75) is 9.79 Å². The Bertz CT molecular complexity index is 981. The van der Waals surface area contributed by atoms with Crippen molar-refractivity contribution in [1.29, 1.82) is 0 Å². The molecule has 4 aromatic carbocycles. The van der Waals surface area contributed by atoms with Gasteiger partial charge in [-0.2, -0.15) is 0 Å². The zero-order valence-electron chi connectivity index (χ0n) is 13.4. The van der Waals surface area contributed by atoms with Crippen molar-refractivity contribution in [3.8, 4) is 0 Å². The Morgan fingerprint density at radius 1 is 0.640 bits per heavy atom. The second-order valence-electron chi connectivity index (χ2n) is 5.59. The van der Waals surface area contributed by atoms with E-state index < -0.39 is 10.7 Å². The van der Waals surface area contributed by atoms with Crippen molar-refractivity contribution in [2.24, 2.45) is 0 Å². The molecule has 0 bridgehead atoms. The molecular formula is C22H16ISSe+. The van der Waals surface area contributed by atoms with Gasteiger partial charge < -0.3 is 0 Å². The van der Waals surface area contributed by atoms with Gasteiger partial charge in [-0.3, -0.25) is 0 Å². The fourth-order valence-electron chi connectivity index (χ4n) is 2.79. The molecule has 0 N–H and O–H groups in total. The van der Waals surface area contributed by atoms with Crippen LogP contribution in [-0.2, 0) is 0 Å². The summed E-state index contributed by atoms with van der Waals surface area (Å²) >= 11 is 4.55. The van der Waals surface area contributed by atoms with E-state index in [4.69, 9.17) is 0 Å². The van der Waals surface area contributed by atoms with Crippen molar-refractivity contribution in [3.63, 3.8) is 0 Å². The van der Waals surface area contributed by atoms with Crippen LogP contribution in [-0.4, -0.2) is 10.7 Å². The maximum absolute atomic E-state index is 2.68. The zero-order chi connectivity index (χ0) is 17.1. The summed E-state index contributed by atoms with van der Waals surface area (Å²) in [5, 5.41) is 2.75. The van der Waals surface area contributed by atoms with Gasteiger partial charge in [0.05, 0.1) is 0 Å². The second kappa shape index (κ2) is 7.96. The van der Waals surface area contributed by atoms with E-state index in [9.17, 15) is 0 Å². The summed E-state index contributed by atoms with van der Waals surface area (Å²) in [5.74, 6) is 0. The first kappa shape index (κ1) is 17.2. The molecule has 0 nitrogen and oxygen atoms in total. The predicted molar refractivity (Wildman–Crippen MR) is 120 cm³/mol. The van der Waals surface area contributed by atoms with E-state index in [0.717, 1.165) is 0 Å². The SMILES string of the molecule is I[Se+](c1ccccc1)c1cccc2cccc(Sc3ccccc3)c12. The van der Waals surface area contributed by atoms with Crippen LogP contribution in [0.1, 0.15) is 0 Å². The monoisotopic (exact) mass is 519 g/mol. The van der Waals surface area contributed by atoms with Crippen LogP contribution >= 0.6 is 32.1 Å². The summed E-state index contributed by atoms with van der Waals surface area (Å²) < 4.78 is 2.97. The van der Waals surface area contributed by atoms with Crippen molar-refractivity contribution in [2.75, 3.05) is 0 Å². The molecule has 0 aromatic heterocycles. The van der Waals surface area contributed by atoms with E-state index >= 15 is 0 Å². The third kappa shape index (κ3) is 3.80. The molecule has 25 heavy (non-hydrogen) atoms. The van der Waals surface area contributed by atoms with Gasteiger partial charge in [0, 0.05) is 0 Å². The van der Waals surface area contributed by atoms with Gasteiger partial charge in [-0.25, -0.2) is 0 Å². The molecular weight excluding hydrogens is 502 g/mol. The normalized spacial score (nSPS) is 12.2. The van der Waals surface area contributed by atoms with E-state index in [2.05, 4.69) is 117 Å². The van der Waals surface area contributed by atoms with E-state index in [0.29, 0.717) is 0 Å². The van der Waals surface area contributed by atoms with E-state index in [1.54, 1.807) is 0 Å². The van der Waals surface area contributed by atoms with Gasteiger partial charge >= 0.3 is 169 Å². The van der Waals surface area contributed by atoms with Crippen LogP contribution < -0.4 is 8.92 Å². The van der Waals surface area contributed by atoms with Gasteiger partial charge in [0.1, 0.15) is 0 Å². The number of hydrogen-bond donors (Lipinski definition) is 0. The number of rotatable bonds is 4. The molecule has 0 amide bonds. The van der Waals surface area contributed by atoms with Gasteiger partial charge in [-0.15, -0.1) is 0 Å². The predicted octanol–water partition coefficient (Wildman–Crippen LogP) is 5.53. The summed E-state index contributed by atoms with van der Waals surface area (Å²) in [6.45, 7) is 0. The minimum atomic E-state index is -1.09. The summed E-state index contributed by atoms with van der Waals surface area (Å²) in [7, 11) is -1.09. The Morgan fingerprint density at radius 3 is 2.00 bits per heavy atom. The van der Waals surface area contributed by atoms with Crippen LogP contribution in [0.3, 0.4) is 0 Å². The van der Waals surface area contributed by atoms with Crippen LogP contribution in [0.15, 0.2) is 107 Å². The van der Waals surface area contributed by atoms with E-state index in [1.807, 2.05) is 11.8 Å². The molecule has 3 heteroatoms. The molecule has 0 saturated heterocycles. The molecule has 4 rings (SSSR count). The first-order chi connectivity index (χ1) is 12.3. The van der Waals surface area contributed by atoms with Crippen LogP contribution in [0.4, 0.5) is 0 Å². The van der Waals surface area contributed by atoms with Gasteiger partial charge in [0.2, 0.25) is 0 Å². The summed E-state index contributed by atoms with van der Waals surface area (Å²) in [6, 6.07) is 35.0. The fraction of sp³-hybridized carbons (Fsp3) is 0. The third-order valence-electron chi connectivity index (χ3n) is 3.94. The molecule has 0 aliphatic rings. The van der Waals surface area contributed by atoms with Crippen LogP contribution in [0.25, 0.3) is 10.8 Å². The van der Waals surface area contributed by atoms with Crippen molar-refractivity contribution in [1.82, 2.24) is 0 Å². The standard InChI is InChI=1S/C22H16ISSe/c23-25(19-13-5-2-6-14-19)21-16-8-10-17-9-7-15-20(22(17)21)24-18-11-3-1-4-12-18/h1-16H/q+1. The maximum atomic E-state index is 2.68. The van der Waals surface area contributed by atoms with Crippen molar-refractivity contribution >= 4 is 62.5 Å². The number of fused-ring (bicyclic) bond motifs is 1. The van der Waals surface area contributed by atoms with E-state index in [1.165, 1.54) is 29.5 Å². The minimum absolute atomic E-state index is 1.09. The molecule has 0 aliphatic carbocycles. The Hall–Kier alpha value is -1.26. The van der Waals surface area contributed by atoms with Gasteiger partial charge in [-0.1, -0.05) is 0 Å². The summed E-state index contributed by atoms with van der Waals surface area (Å²) in [4.78, 5) is 2.63. The van der Waals surface area contributed by atoms with Gasteiger partial charge in [0.25, 0.3) is 0 Å². The molecule has 0 heterocycles. The van der Waals surface area contributed by atoms with Crippen molar-refractivity contribution in [3.05, 3.63) is 97.1 Å². The topological polar surface area (TPSA) is 0 Å². The first-order valence-electron chi connectivity index (χ1n) is 8.03. The quantitative estimate of drug-likeness (QED) is 0.253. The van der Waals surface area contributed by atoms with Gasteiger partial charge in [0.15, 0.2) is 0 Å². The number of hydrogen-bond acceptors (Lipinski definition) is 1. The van der Waals surface area contributed by atoms with Crippen LogP contribution in [0.5, 0.6) is 0 Å². The second-order valence-corrected chi connectivity index (χ2v) is 14.3. The zero-order valence-corrected chi connectivity index (χ0v) is 18.1. The molecule has 0 spiro atoms. The average molecular weight is 518 g/mol. The summed E-state index contributed by atoms with van der Waals surface area (Å²) in [6.07, 6.45) is 0. The van der Waals surface area contributed by atoms with Crippen LogP contribution in [0.2, 0.25) is 0 Å². The molecule has 0 radical (unpaired) electrons. The Labute approximate surface area is 168 Å². The van der Waals surface area contributed by atoms with Crippen LogP contribution in [0, 0.1) is 0 Å². The molecule has 0 saturated carbocycles. The van der Waals surface area contributed by atoms with Gasteiger partial charge in [-0.05, 0) is 0 Å². The molecule has 4 aromatic rings. The first-order valence-corrected chi connectivity index (χ1v) is 15.8. The number of halogens is 1. The Morgan fingerprint density at radius 2 is 1.28 bits per heavy atom. The molecule has 1 unspecified atom stereocenters. The Balaban J connectivity index is 1.85. The molecule has 1 atom stereocenters.